The molecule has 0 saturated carbocycles. The van der Waals surface area contributed by atoms with Crippen LogP contribution in [-0.2, 0) is 4.79 Å². The van der Waals surface area contributed by atoms with E-state index in [1.807, 2.05) is 24.3 Å². The third kappa shape index (κ3) is 1.82. The maximum atomic E-state index is 11.0. The lowest BCUT2D eigenvalue weighted by Crippen LogP contribution is -2.30. The van der Waals surface area contributed by atoms with Crippen molar-refractivity contribution in [2.45, 2.75) is 0 Å². The molecule has 1 saturated heterocycles. The average molecular weight is 197 g/mol. The molecule has 1 N–H and O–H groups in total. The van der Waals surface area contributed by atoms with E-state index in [0.717, 1.165) is 5.69 Å². The highest BCUT2D eigenvalue weighted by Gasteiger charge is 2.18. The molecule has 0 bridgehead atoms. The summed E-state index contributed by atoms with van der Waals surface area (Å²) in [6.45, 7) is 0.826. The van der Waals surface area contributed by atoms with Gasteiger partial charge in [0.15, 0.2) is 5.78 Å². The molecular weight excluding hydrogens is 188 g/mol. The van der Waals surface area contributed by atoms with Crippen LogP contribution in [-0.4, -0.2) is 18.9 Å². The fourth-order valence-corrected chi connectivity index (χ4v) is 1.48. The van der Waals surface area contributed by atoms with Gasteiger partial charge in [-0.2, -0.15) is 0 Å². The first-order valence-corrected chi connectivity index (χ1v) is 4.42. The molecule has 68 valence electrons. The third-order valence-corrected chi connectivity index (χ3v) is 2.16. The summed E-state index contributed by atoms with van der Waals surface area (Å²) in [5.41, 5.74) is 3.90. The molecule has 13 heavy (non-hydrogen) atoms. The first kappa shape index (κ1) is 8.53. The van der Waals surface area contributed by atoms with E-state index in [4.69, 9.17) is 11.6 Å². The molecular formula is C9H9ClN2O. The number of halogens is 1. The smallest absolute Gasteiger partial charge is 0.169 e. The maximum absolute atomic E-state index is 11.0. The van der Waals surface area contributed by atoms with Crippen molar-refractivity contribution in [3.8, 4) is 0 Å². The normalized spacial score (nSPS) is 16.7. The van der Waals surface area contributed by atoms with Gasteiger partial charge in [0.25, 0.3) is 0 Å². The summed E-state index contributed by atoms with van der Waals surface area (Å²) >= 11 is 5.82. The minimum Gasteiger partial charge on any atom is -0.300 e. The number of ketones is 1. The van der Waals surface area contributed by atoms with Gasteiger partial charge >= 0.3 is 0 Å². The van der Waals surface area contributed by atoms with Crippen LogP contribution >= 0.6 is 11.6 Å². The molecule has 3 nitrogen and oxygen atoms in total. The van der Waals surface area contributed by atoms with Gasteiger partial charge in [-0.15, -0.1) is 0 Å². The third-order valence-electron chi connectivity index (χ3n) is 1.92. The van der Waals surface area contributed by atoms with Crippen molar-refractivity contribution in [2.75, 3.05) is 18.1 Å². The second kappa shape index (κ2) is 3.36. The van der Waals surface area contributed by atoms with Crippen LogP contribution in [0.5, 0.6) is 0 Å². The summed E-state index contributed by atoms with van der Waals surface area (Å²) in [5, 5.41) is 2.48. The number of nitrogens with zero attached hydrogens (tertiary/aromatic N) is 1. The number of Topliss-reactive ketones (excluding diaryl/α,β-unsaturated/α-hetero) is 1. The van der Waals surface area contributed by atoms with E-state index >= 15 is 0 Å². The van der Waals surface area contributed by atoms with Crippen LogP contribution in [0.1, 0.15) is 0 Å². The van der Waals surface area contributed by atoms with Gasteiger partial charge in [0, 0.05) is 5.02 Å². The van der Waals surface area contributed by atoms with Gasteiger partial charge < -0.3 is 5.01 Å². The first-order valence-electron chi connectivity index (χ1n) is 4.04. The molecule has 0 aromatic heterocycles. The van der Waals surface area contributed by atoms with Crippen molar-refractivity contribution < 1.29 is 4.79 Å². The number of benzene rings is 1. The lowest BCUT2D eigenvalue weighted by molar-refractivity contribution is -0.115. The molecule has 0 spiro atoms. The van der Waals surface area contributed by atoms with E-state index in [2.05, 4.69) is 5.43 Å². The zero-order valence-electron chi connectivity index (χ0n) is 6.96. The molecule has 0 aliphatic carbocycles. The topological polar surface area (TPSA) is 32.3 Å². The summed E-state index contributed by atoms with van der Waals surface area (Å²) in [5.74, 6) is 0.194. The monoisotopic (exact) mass is 196 g/mol. The second-order valence-electron chi connectivity index (χ2n) is 2.94. The molecule has 1 aromatic rings. The fourth-order valence-electron chi connectivity index (χ4n) is 1.30. The van der Waals surface area contributed by atoms with Crippen molar-refractivity contribution >= 4 is 23.1 Å². The summed E-state index contributed by atoms with van der Waals surface area (Å²) < 4.78 is 0. The van der Waals surface area contributed by atoms with Gasteiger partial charge in [0.05, 0.1) is 18.8 Å². The van der Waals surface area contributed by atoms with Crippen molar-refractivity contribution in [1.82, 2.24) is 5.43 Å². The maximum Gasteiger partial charge on any atom is 0.169 e. The zero-order valence-corrected chi connectivity index (χ0v) is 7.71. The molecule has 0 radical (unpaired) electrons. The Kier molecular flexibility index (Phi) is 2.20. The predicted molar refractivity (Wildman–Crippen MR) is 51.8 cm³/mol. The van der Waals surface area contributed by atoms with Crippen LogP contribution in [0.4, 0.5) is 5.69 Å². The van der Waals surface area contributed by atoms with E-state index < -0.39 is 0 Å². The molecule has 1 aromatic carbocycles. The zero-order chi connectivity index (χ0) is 9.26. The van der Waals surface area contributed by atoms with Crippen LogP contribution in [0, 0.1) is 0 Å². The summed E-state index contributed by atoms with van der Waals surface area (Å²) in [6.07, 6.45) is 0. The summed E-state index contributed by atoms with van der Waals surface area (Å²) in [6, 6.07) is 7.41. The molecule has 4 heteroatoms. The molecule has 0 amide bonds. The predicted octanol–water partition coefficient (Wildman–Crippen LogP) is 1.23. The standard InChI is InChI=1S/C9H9ClN2O/c10-7-2-1-3-8(4-7)12-6-9(13)5-11-12/h1-4,11H,5-6H2. The minimum atomic E-state index is 0.194. The van der Waals surface area contributed by atoms with E-state index in [1.165, 1.54) is 0 Å². The molecule has 0 unspecified atom stereocenters. The number of anilines is 1. The Hall–Kier alpha value is -1.06. The number of hydrazine groups is 1. The minimum absolute atomic E-state index is 0.194. The van der Waals surface area contributed by atoms with Gasteiger partial charge in [-0.25, -0.2) is 5.43 Å². The number of carbonyl (C=O) groups is 1. The van der Waals surface area contributed by atoms with Gasteiger partial charge in [0.2, 0.25) is 0 Å². The SMILES string of the molecule is O=C1CNN(c2cccc(Cl)c2)C1. The molecule has 0 atom stereocenters. The van der Waals surface area contributed by atoms with Gasteiger partial charge in [0.1, 0.15) is 0 Å². The Balaban J connectivity index is 2.21. The molecule has 1 fully saturated rings. The lowest BCUT2D eigenvalue weighted by atomic mass is 10.3. The van der Waals surface area contributed by atoms with Gasteiger partial charge in [-0.05, 0) is 18.2 Å². The van der Waals surface area contributed by atoms with Crippen molar-refractivity contribution in [2.24, 2.45) is 0 Å². The van der Waals surface area contributed by atoms with E-state index in [1.54, 1.807) is 5.01 Å². The summed E-state index contributed by atoms with van der Waals surface area (Å²) in [7, 11) is 0. The number of hydrogen-bond acceptors (Lipinski definition) is 3. The molecule has 2 rings (SSSR count). The molecule has 1 aliphatic rings. The Labute approximate surface area is 81.3 Å². The lowest BCUT2D eigenvalue weighted by Gasteiger charge is -2.16. The highest BCUT2D eigenvalue weighted by molar-refractivity contribution is 6.30. The highest BCUT2D eigenvalue weighted by Crippen LogP contribution is 2.18. The quantitative estimate of drug-likeness (QED) is 0.734. The summed E-state index contributed by atoms with van der Waals surface area (Å²) in [4.78, 5) is 11.0. The van der Waals surface area contributed by atoms with Crippen LogP contribution in [0.15, 0.2) is 24.3 Å². The van der Waals surface area contributed by atoms with Gasteiger partial charge in [-0.1, -0.05) is 17.7 Å². The Morgan fingerprint density at radius 3 is 2.92 bits per heavy atom. The first-order chi connectivity index (χ1) is 6.25. The number of carbonyl (C=O) groups excluding carboxylic acids is 1. The Morgan fingerprint density at radius 2 is 2.31 bits per heavy atom. The van der Waals surface area contributed by atoms with Crippen molar-refractivity contribution in [3.63, 3.8) is 0 Å². The average Bonchev–Trinajstić information content (AvgIpc) is 2.52. The van der Waals surface area contributed by atoms with Crippen molar-refractivity contribution in [1.29, 1.82) is 0 Å². The van der Waals surface area contributed by atoms with E-state index in [0.29, 0.717) is 18.1 Å². The Bertz CT molecular complexity index is 340. The van der Waals surface area contributed by atoms with Gasteiger partial charge in [-0.3, -0.25) is 4.79 Å². The van der Waals surface area contributed by atoms with Crippen LogP contribution in [0.3, 0.4) is 0 Å². The van der Waals surface area contributed by atoms with Crippen LogP contribution in [0.2, 0.25) is 5.02 Å². The van der Waals surface area contributed by atoms with Crippen LogP contribution in [0.25, 0.3) is 0 Å². The number of hydrogen-bond donors (Lipinski definition) is 1. The highest BCUT2D eigenvalue weighted by atomic mass is 35.5. The number of rotatable bonds is 1. The van der Waals surface area contributed by atoms with Crippen molar-refractivity contribution in [3.05, 3.63) is 29.3 Å². The fraction of sp³-hybridized carbons (Fsp3) is 0.222. The molecule has 1 heterocycles. The molecule has 1 aliphatic heterocycles. The largest absolute Gasteiger partial charge is 0.300 e. The van der Waals surface area contributed by atoms with Crippen LogP contribution < -0.4 is 10.4 Å². The van der Waals surface area contributed by atoms with E-state index in [-0.39, 0.29) is 5.78 Å². The van der Waals surface area contributed by atoms with E-state index in [9.17, 15) is 4.79 Å². The number of nitrogens with one attached hydrogen (secondary N) is 1. The Morgan fingerprint density at radius 1 is 1.46 bits per heavy atom. The second-order valence-corrected chi connectivity index (χ2v) is 3.38.